The molecule has 0 spiro atoms. The highest BCUT2D eigenvalue weighted by molar-refractivity contribution is 7.98. The van der Waals surface area contributed by atoms with Crippen molar-refractivity contribution in [1.82, 2.24) is 14.6 Å². The van der Waals surface area contributed by atoms with Crippen molar-refractivity contribution in [3.63, 3.8) is 0 Å². The molecule has 0 amide bonds. The van der Waals surface area contributed by atoms with Gasteiger partial charge in [0.25, 0.3) is 0 Å². The van der Waals surface area contributed by atoms with Gasteiger partial charge >= 0.3 is 0 Å². The molecule has 0 atom stereocenters. The van der Waals surface area contributed by atoms with Crippen molar-refractivity contribution in [2.75, 3.05) is 6.61 Å². The van der Waals surface area contributed by atoms with Crippen LogP contribution in [0.25, 0.3) is 5.65 Å². The van der Waals surface area contributed by atoms with Gasteiger partial charge in [0, 0.05) is 28.8 Å². The van der Waals surface area contributed by atoms with Crippen molar-refractivity contribution < 1.29 is 5.11 Å². The molecule has 0 unspecified atom stereocenters. The second kappa shape index (κ2) is 6.76. The maximum absolute atomic E-state index is 8.77. The molecular formula is C15H13N3OS2. The number of thiophene rings is 1. The summed E-state index contributed by atoms with van der Waals surface area (Å²) in [5, 5.41) is 20.0. The van der Waals surface area contributed by atoms with E-state index in [1.165, 1.54) is 4.88 Å². The number of rotatable bonds is 4. The molecule has 3 rings (SSSR count). The summed E-state index contributed by atoms with van der Waals surface area (Å²) >= 11 is 3.34. The molecule has 4 nitrogen and oxygen atoms in total. The molecule has 6 heteroatoms. The van der Waals surface area contributed by atoms with Crippen LogP contribution in [0.3, 0.4) is 0 Å². The first-order valence-corrected chi connectivity index (χ1v) is 8.33. The van der Waals surface area contributed by atoms with Crippen LogP contribution in [-0.4, -0.2) is 26.3 Å². The van der Waals surface area contributed by atoms with Crippen molar-refractivity contribution in [2.24, 2.45) is 0 Å². The molecule has 0 aromatic carbocycles. The number of hydrogen-bond acceptors (Lipinski definition) is 5. The maximum atomic E-state index is 8.77. The number of pyridine rings is 1. The summed E-state index contributed by atoms with van der Waals surface area (Å²) < 4.78 is 1.98. The minimum absolute atomic E-state index is 0.104. The van der Waals surface area contributed by atoms with Gasteiger partial charge in [-0.2, -0.15) is 0 Å². The molecule has 106 valence electrons. The lowest BCUT2D eigenvalue weighted by atomic mass is 10.2. The van der Waals surface area contributed by atoms with Crippen LogP contribution < -0.4 is 0 Å². The monoisotopic (exact) mass is 315 g/mol. The number of fused-ring (bicyclic) bond motifs is 1. The summed E-state index contributed by atoms with van der Waals surface area (Å²) in [6, 6.07) is 7.88. The molecule has 3 aromatic heterocycles. The van der Waals surface area contributed by atoms with Gasteiger partial charge in [0.2, 0.25) is 0 Å². The van der Waals surface area contributed by atoms with Crippen molar-refractivity contribution in [3.8, 4) is 11.8 Å². The highest BCUT2D eigenvalue weighted by Crippen LogP contribution is 2.26. The lowest BCUT2D eigenvalue weighted by Gasteiger charge is -1.99. The van der Waals surface area contributed by atoms with Crippen molar-refractivity contribution >= 4 is 28.7 Å². The van der Waals surface area contributed by atoms with E-state index >= 15 is 0 Å². The van der Waals surface area contributed by atoms with Crippen LogP contribution in [0.15, 0.2) is 41.0 Å². The Balaban J connectivity index is 1.74. The number of nitrogens with zero attached hydrogens (tertiary/aromatic N) is 3. The fraction of sp³-hybridized carbons (Fsp3) is 0.200. The number of hydrogen-bond donors (Lipinski definition) is 1. The van der Waals surface area contributed by atoms with Crippen molar-refractivity contribution in [3.05, 3.63) is 46.3 Å². The normalized spacial score (nSPS) is 10.5. The highest BCUT2D eigenvalue weighted by atomic mass is 32.2. The zero-order valence-corrected chi connectivity index (χ0v) is 12.8. The molecule has 0 saturated heterocycles. The van der Waals surface area contributed by atoms with Crippen LogP contribution in [0.4, 0.5) is 0 Å². The predicted octanol–water partition coefficient (Wildman–Crippen LogP) is 2.82. The third-order valence-electron chi connectivity index (χ3n) is 2.82. The molecule has 3 heterocycles. The number of aliphatic hydroxyl groups is 1. The van der Waals surface area contributed by atoms with Gasteiger partial charge in [0.05, 0.1) is 6.61 Å². The van der Waals surface area contributed by atoms with Gasteiger partial charge in [0.15, 0.2) is 10.8 Å². The van der Waals surface area contributed by atoms with E-state index in [2.05, 4.69) is 22.0 Å². The van der Waals surface area contributed by atoms with Gasteiger partial charge < -0.3 is 5.11 Å². The Morgan fingerprint density at radius 3 is 3.14 bits per heavy atom. The first kappa shape index (κ1) is 14.1. The summed E-state index contributed by atoms with van der Waals surface area (Å²) in [5.41, 5.74) is 1.89. The zero-order chi connectivity index (χ0) is 14.5. The summed E-state index contributed by atoms with van der Waals surface area (Å²) in [6.45, 7) is 0.104. The molecule has 0 saturated carbocycles. The number of aliphatic hydroxyl groups excluding tert-OH is 1. The molecule has 0 aliphatic heterocycles. The molecule has 0 radical (unpaired) electrons. The van der Waals surface area contributed by atoms with E-state index in [9.17, 15) is 0 Å². The Morgan fingerprint density at radius 1 is 1.29 bits per heavy atom. The average molecular weight is 315 g/mol. The Labute approximate surface area is 130 Å². The van der Waals surface area contributed by atoms with Gasteiger partial charge in [-0.1, -0.05) is 29.7 Å². The molecule has 0 aliphatic carbocycles. The quantitative estimate of drug-likeness (QED) is 0.594. The average Bonchev–Trinajstić information content (AvgIpc) is 3.12. The number of thioether (sulfide) groups is 1. The first-order chi connectivity index (χ1) is 10.4. The van der Waals surface area contributed by atoms with Gasteiger partial charge in [-0.25, -0.2) is 0 Å². The molecule has 0 aliphatic rings. The zero-order valence-electron chi connectivity index (χ0n) is 11.2. The highest BCUT2D eigenvalue weighted by Gasteiger charge is 2.08. The van der Waals surface area contributed by atoms with Gasteiger partial charge in [-0.05, 0) is 23.6 Å². The molecule has 21 heavy (non-hydrogen) atoms. The molecule has 0 bridgehead atoms. The Bertz CT molecular complexity index is 798. The van der Waals surface area contributed by atoms with E-state index in [0.29, 0.717) is 6.42 Å². The Morgan fingerprint density at radius 2 is 2.24 bits per heavy atom. The van der Waals surface area contributed by atoms with E-state index in [1.807, 2.05) is 40.2 Å². The van der Waals surface area contributed by atoms with Crippen LogP contribution in [0.1, 0.15) is 16.9 Å². The second-order valence-corrected chi connectivity index (χ2v) is 6.18. The largest absolute Gasteiger partial charge is 0.395 e. The molecule has 0 fully saturated rings. The van der Waals surface area contributed by atoms with E-state index in [0.717, 1.165) is 22.1 Å². The van der Waals surface area contributed by atoms with Crippen LogP contribution in [0.2, 0.25) is 0 Å². The van der Waals surface area contributed by atoms with E-state index < -0.39 is 0 Å². The van der Waals surface area contributed by atoms with Gasteiger partial charge in [-0.3, -0.25) is 4.40 Å². The Hall–Kier alpha value is -1.81. The molecular weight excluding hydrogens is 302 g/mol. The third-order valence-corrected chi connectivity index (χ3v) is 4.89. The lowest BCUT2D eigenvalue weighted by Crippen LogP contribution is -1.87. The lowest BCUT2D eigenvalue weighted by molar-refractivity contribution is 0.305. The molecule has 3 aromatic rings. The van der Waals surface area contributed by atoms with Crippen LogP contribution in [0.5, 0.6) is 0 Å². The standard InChI is InChI=1S/C15H13N3OS2/c19-9-4-2-5-12-7-10-20-13(12)11-21-15-17-16-14-6-1-3-8-18(14)15/h1,3,6-8,10,19H,4,9,11H2. The first-order valence-electron chi connectivity index (χ1n) is 6.47. The topological polar surface area (TPSA) is 50.4 Å². The Kier molecular flexibility index (Phi) is 4.55. The summed E-state index contributed by atoms with van der Waals surface area (Å²) in [6.07, 6.45) is 2.48. The van der Waals surface area contributed by atoms with E-state index in [1.54, 1.807) is 23.1 Å². The van der Waals surface area contributed by atoms with Crippen molar-refractivity contribution in [2.45, 2.75) is 17.3 Å². The summed E-state index contributed by atoms with van der Waals surface area (Å²) in [4.78, 5) is 1.22. The predicted molar refractivity (Wildman–Crippen MR) is 85.4 cm³/mol. The van der Waals surface area contributed by atoms with Crippen molar-refractivity contribution in [1.29, 1.82) is 0 Å². The molecule has 1 N–H and O–H groups in total. The summed E-state index contributed by atoms with van der Waals surface area (Å²) in [7, 11) is 0. The maximum Gasteiger partial charge on any atom is 0.195 e. The fourth-order valence-corrected chi connectivity index (χ4v) is 3.70. The minimum Gasteiger partial charge on any atom is -0.395 e. The minimum atomic E-state index is 0.104. The van der Waals surface area contributed by atoms with Crippen LogP contribution >= 0.6 is 23.1 Å². The van der Waals surface area contributed by atoms with Crippen LogP contribution in [-0.2, 0) is 5.75 Å². The number of aromatic nitrogens is 3. The van der Waals surface area contributed by atoms with Gasteiger partial charge in [0.1, 0.15) is 0 Å². The van der Waals surface area contributed by atoms with E-state index in [-0.39, 0.29) is 6.61 Å². The smallest absolute Gasteiger partial charge is 0.195 e. The summed E-state index contributed by atoms with van der Waals surface area (Å²) in [5.74, 6) is 6.89. The van der Waals surface area contributed by atoms with Crippen LogP contribution in [0, 0.1) is 11.8 Å². The third kappa shape index (κ3) is 3.27. The van der Waals surface area contributed by atoms with Gasteiger partial charge in [-0.15, -0.1) is 21.5 Å². The fourth-order valence-electron chi connectivity index (χ4n) is 1.83. The SMILES string of the molecule is OCCC#Cc1ccsc1CSc1nnc2ccccn12. The second-order valence-electron chi connectivity index (χ2n) is 4.23. The van der Waals surface area contributed by atoms with E-state index in [4.69, 9.17) is 5.11 Å².